The van der Waals surface area contributed by atoms with Gasteiger partial charge in [0.2, 0.25) is 0 Å². The van der Waals surface area contributed by atoms with Crippen LogP contribution in [-0.4, -0.2) is 26.7 Å². The van der Waals surface area contributed by atoms with E-state index in [1.54, 1.807) is 6.20 Å². The lowest BCUT2D eigenvalue weighted by atomic mass is 10.3. The molecule has 2 rings (SSSR count). The van der Waals surface area contributed by atoms with Gasteiger partial charge in [-0.25, -0.2) is 4.68 Å². The van der Waals surface area contributed by atoms with Gasteiger partial charge in [0.1, 0.15) is 5.69 Å². The summed E-state index contributed by atoms with van der Waals surface area (Å²) in [5.41, 5.74) is 1.11. The van der Waals surface area contributed by atoms with Crippen LogP contribution in [0.15, 0.2) is 34.9 Å². The van der Waals surface area contributed by atoms with Crippen molar-refractivity contribution in [2.45, 2.75) is 0 Å². The Hall–Kier alpha value is -1.20. The van der Waals surface area contributed by atoms with Gasteiger partial charge < -0.3 is 0 Å². The van der Waals surface area contributed by atoms with Gasteiger partial charge in [-0.3, -0.25) is 4.79 Å². The van der Waals surface area contributed by atoms with Crippen molar-refractivity contribution < 1.29 is 4.79 Å². The summed E-state index contributed by atoms with van der Waals surface area (Å²) in [6, 6.07) is 7.52. The van der Waals surface area contributed by atoms with Crippen LogP contribution in [0.4, 0.5) is 0 Å². The second-order valence-electron chi connectivity index (χ2n) is 3.08. The molecule has 0 aliphatic carbocycles. The predicted octanol–water partition coefficient (Wildman–Crippen LogP) is 2.45. The molecular weight excluding hydrogens is 293 g/mol. The third-order valence-electron chi connectivity index (χ3n) is 1.99. The molecule has 0 atom stereocenters. The van der Waals surface area contributed by atoms with Gasteiger partial charge >= 0.3 is 0 Å². The van der Waals surface area contributed by atoms with Crippen molar-refractivity contribution in [2.24, 2.45) is 0 Å². The molecule has 0 unspecified atom stereocenters. The molecule has 0 amide bonds. The average molecular weight is 301 g/mol. The zero-order valence-electron chi connectivity index (χ0n) is 8.10. The molecule has 0 bridgehead atoms. The van der Waals surface area contributed by atoms with Crippen LogP contribution in [0.1, 0.15) is 10.5 Å². The molecule has 0 fully saturated rings. The molecule has 1 aromatic heterocycles. The fourth-order valence-electron chi connectivity index (χ4n) is 1.18. The molecule has 6 heteroatoms. The number of benzene rings is 1. The van der Waals surface area contributed by atoms with E-state index in [0.717, 1.165) is 10.2 Å². The summed E-state index contributed by atoms with van der Waals surface area (Å²) in [6.07, 6.45) is 1.56. The van der Waals surface area contributed by atoms with Gasteiger partial charge in [-0.05, 0) is 24.3 Å². The van der Waals surface area contributed by atoms with Crippen molar-refractivity contribution in [1.82, 2.24) is 15.0 Å². The summed E-state index contributed by atoms with van der Waals surface area (Å²) in [6.45, 7) is 0. The van der Waals surface area contributed by atoms with E-state index in [1.807, 2.05) is 24.3 Å². The molecule has 0 radical (unpaired) electrons. The molecule has 1 aromatic carbocycles. The Bertz CT molecular complexity index is 509. The first-order valence-electron chi connectivity index (χ1n) is 4.48. The van der Waals surface area contributed by atoms with Crippen LogP contribution in [-0.2, 0) is 0 Å². The van der Waals surface area contributed by atoms with Crippen LogP contribution in [0.5, 0.6) is 0 Å². The first kappa shape index (κ1) is 11.3. The van der Waals surface area contributed by atoms with E-state index in [1.165, 1.54) is 4.68 Å². The number of hydrogen-bond acceptors (Lipinski definition) is 3. The average Bonchev–Trinajstić information content (AvgIpc) is 2.78. The molecule has 0 saturated heterocycles. The SMILES string of the molecule is O=C(CCl)c1cn(-c2ccc(Br)cc2)nn1. The Labute approximate surface area is 105 Å². The summed E-state index contributed by atoms with van der Waals surface area (Å²) in [4.78, 5) is 11.3. The van der Waals surface area contributed by atoms with Crippen molar-refractivity contribution in [3.05, 3.63) is 40.6 Å². The third kappa shape index (κ3) is 2.31. The van der Waals surface area contributed by atoms with Gasteiger partial charge in [0.25, 0.3) is 0 Å². The molecule has 0 saturated carbocycles. The number of Topliss-reactive ketones (excluding diaryl/α,β-unsaturated/α-hetero) is 1. The number of hydrogen-bond donors (Lipinski definition) is 0. The standard InChI is InChI=1S/C10H7BrClN3O/c11-7-1-3-8(4-2-7)15-6-9(13-14-15)10(16)5-12/h1-4,6H,5H2. The van der Waals surface area contributed by atoms with Crippen molar-refractivity contribution in [2.75, 3.05) is 5.88 Å². The zero-order valence-corrected chi connectivity index (χ0v) is 10.4. The number of aromatic nitrogens is 3. The second-order valence-corrected chi connectivity index (χ2v) is 4.26. The van der Waals surface area contributed by atoms with E-state index in [4.69, 9.17) is 11.6 Å². The van der Waals surface area contributed by atoms with Crippen LogP contribution < -0.4 is 0 Å². The molecular formula is C10H7BrClN3O. The maximum Gasteiger partial charge on any atom is 0.199 e. The predicted molar refractivity (Wildman–Crippen MR) is 64.1 cm³/mol. The summed E-state index contributed by atoms with van der Waals surface area (Å²) < 4.78 is 2.51. The Morgan fingerprint density at radius 1 is 1.38 bits per heavy atom. The summed E-state index contributed by atoms with van der Waals surface area (Å²) in [5, 5.41) is 7.61. The van der Waals surface area contributed by atoms with Crippen molar-refractivity contribution in [3.8, 4) is 5.69 Å². The maximum absolute atomic E-state index is 11.3. The van der Waals surface area contributed by atoms with Gasteiger partial charge in [0, 0.05) is 4.47 Å². The quantitative estimate of drug-likeness (QED) is 0.646. The van der Waals surface area contributed by atoms with E-state index in [2.05, 4.69) is 26.2 Å². The highest BCUT2D eigenvalue weighted by atomic mass is 79.9. The summed E-state index contributed by atoms with van der Waals surface area (Å²) >= 11 is 8.77. The smallest absolute Gasteiger partial charge is 0.199 e. The highest BCUT2D eigenvalue weighted by molar-refractivity contribution is 9.10. The second kappa shape index (κ2) is 4.76. The Kier molecular flexibility index (Phi) is 3.36. The van der Waals surface area contributed by atoms with Gasteiger partial charge in [0.05, 0.1) is 17.8 Å². The number of rotatable bonds is 3. The van der Waals surface area contributed by atoms with E-state index in [9.17, 15) is 4.79 Å². The zero-order chi connectivity index (χ0) is 11.5. The van der Waals surface area contributed by atoms with Gasteiger partial charge in [-0.1, -0.05) is 21.1 Å². The molecule has 4 nitrogen and oxygen atoms in total. The number of ketones is 1. The van der Waals surface area contributed by atoms with Crippen LogP contribution in [0.2, 0.25) is 0 Å². The van der Waals surface area contributed by atoms with E-state index in [0.29, 0.717) is 0 Å². The van der Waals surface area contributed by atoms with Crippen LogP contribution in [0.25, 0.3) is 5.69 Å². The third-order valence-corrected chi connectivity index (χ3v) is 2.76. The topological polar surface area (TPSA) is 47.8 Å². The van der Waals surface area contributed by atoms with Gasteiger partial charge in [0.15, 0.2) is 5.78 Å². The van der Waals surface area contributed by atoms with Crippen LogP contribution in [0.3, 0.4) is 0 Å². The Morgan fingerprint density at radius 2 is 2.06 bits per heavy atom. The highest BCUT2D eigenvalue weighted by Gasteiger charge is 2.09. The Balaban J connectivity index is 2.31. The lowest BCUT2D eigenvalue weighted by Gasteiger charge is -1.98. The normalized spacial score (nSPS) is 10.4. The first-order chi connectivity index (χ1) is 7.70. The summed E-state index contributed by atoms with van der Waals surface area (Å²) in [5.74, 6) is -0.316. The molecule has 82 valence electrons. The van der Waals surface area contributed by atoms with Crippen LogP contribution in [0, 0.1) is 0 Å². The molecule has 2 aromatic rings. The number of nitrogens with zero attached hydrogens (tertiary/aromatic N) is 3. The molecule has 0 aliphatic rings. The minimum absolute atomic E-state index is 0.0843. The van der Waals surface area contributed by atoms with E-state index >= 15 is 0 Å². The maximum atomic E-state index is 11.3. The molecule has 0 N–H and O–H groups in total. The Morgan fingerprint density at radius 3 is 2.69 bits per heavy atom. The number of carbonyl (C=O) groups excluding carboxylic acids is 1. The van der Waals surface area contributed by atoms with Crippen LogP contribution >= 0.6 is 27.5 Å². The molecule has 1 heterocycles. The molecule has 0 aliphatic heterocycles. The largest absolute Gasteiger partial charge is 0.291 e. The van der Waals surface area contributed by atoms with Gasteiger partial charge in [-0.15, -0.1) is 16.7 Å². The lowest BCUT2D eigenvalue weighted by molar-refractivity contribution is 0.101. The van der Waals surface area contributed by atoms with E-state index in [-0.39, 0.29) is 17.4 Å². The number of carbonyl (C=O) groups is 1. The molecule has 0 spiro atoms. The highest BCUT2D eigenvalue weighted by Crippen LogP contribution is 2.13. The van der Waals surface area contributed by atoms with Gasteiger partial charge in [-0.2, -0.15) is 0 Å². The van der Waals surface area contributed by atoms with E-state index < -0.39 is 0 Å². The number of halogens is 2. The first-order valence-corrected chi connectivity index (χ1v) is 5.81. The summed E-state index contributed by atoms with van der Waals surface area (Å²) in [7, 11) is 0. The minimum atomic E-state index is -0.231. The van der Waals surface area contributed by atoms with Crippen molar-refractivity contribution in [3.63, 3.8) is 0 Å². The van der Waals surface area contributed by atoms with Crippen molar-refractivity contribution in [1.29, 1.82) is 0 Å². The fraction of sp³-hybridized carbons (Fsp3) is 0.100. The monoisotopic (exact) mass is 299 g/mol. The minimum Gasteiger partial charge on any atom is -0.291 e. The number of alkyl halides is 1. The molecule has 16 heavy (non-hydrogen) atoms. The lowest BCUT2D eigenvalue weighted by Crippen LogP contribution is -2.00. The van der Waals surface area contributed by atoms with Crippen molar-refractivity contribution >= 4 is 33.3 Å². The fourth-order valence-corrected chi connectivity index (χ4v) is 1.58.